The van der Waals surface area contributed by atoms with Gasteiger partial charge in [0.15, 0.2) is 0 Å². The maximum atomic E-state index is 12.1. The summed E-state index contributed by atoms with van der Waals surface area (Å²) in [6.45, 7) is 1.97. The van der Waals surface area contributed by atoms with E-state index in [0.29, 0.717) is 15.1 Å². The second kappa shape index (κ2) is 6.07. The summed E-state index contributed by atoms with van der Waals surface area (Å²) in [6.07, 6.45) is 0. The van der Waals surface area contributed by atoms with E-state index < -0.39 is 0 Å². The van der Waals surface area contributed by atoms with E-state index in [9.17, 15) is 4.79 Å². The molecule has 1 amide bonds. The van der Waals surface area contributed by atoms with Gasteiger partial charge in [0.1, 0.15) is 0 Å². The number of amides is 1. The zero-order valence-electron chi connectivity index (χ0n) is 10.0. The van der Waals surface area contributed by atoms with Gasteiger partial charge in [-0.05, 0) is 74.7 Å². The molecule has 0 bridgehead atoms. The van der Waals surface area contributed by atoms with Gasteiger partial charge in [-0.2, -0.15) is 0 Å². The van der Waals surface area contributed by atoms with Crippen molar-refractivity contribution < 1.29 is 4.79 Å². The van der Waals surface area contributed by atoms with Gasteiger partial charge in [0.2, 0.25) is 0 Å². The maximum absolute atomic E-state index is 12.1. The third-order valence-corrected chi connectivity index (χ3v) is 4.46. The van der Waals surface area contributed by atoms with Crippen LogP contribution in [-0.2, 0) is 0 Å². The molecule has 1 N–H and O–H groups in total. The lowest BCUT2D eigenvalue weighted by Crippen LogP contribution is -2.12. The Bertz CT molecular complexity index is 643. The first-order valence-electron chi connectivity index (χ1n) is 5.50. The molecule has 2 aromatic carbocycles. The van der Waals surface area contributed by atoms with Crippen molar-refractivity contribution >= 4 is 55.1 Å². The number of aryl methyl sites for hydroxylation is 1. The van der Waals surface area contributed by atoms with Crippen LogP contribution in [0.25, 0.3) is 0 Å². The quantitative estimate of drug-likeness (QED) is 0.712. The number of carbonyl (C=O) groups is 1. The monoisotopic (exact) mass is 401 g/mol. The molecule has 0 aliphatic rings. The molecule has 0 aliphatic carbocycles. The van der Waals surface area contributed by atoms with Crippen molar-refractivity contribution in [1.82, 2.24) is 0 Å². The van der Waals surface area contributed by atoms with Gasteiger partial charge in [-0.15, -0.1) is 0 Å². The maximum Gasteiger partial charge on any atom is 0.255 e. The topological polar surface area (TPSA) is 29.1 Å². The van der Waals surface area contributed by atoms with E-state index >= 15 is 0 Å². The standard InChI is InChI=1S/C14H10Br2ClNO/c1-8-2-4-10(15)13(6-8)18-14(19)9-3-5-12(17)11(16)7-9/h2-7H,1H3,(H,18,19). The summed E-state index contributed by atoms with van der Waals surface area (Å²) in [5.74, 6) is -0.177. The number of anilines is 1. The average molecular weight is 404 g/mol. The Labute approximate surface area is 133 Å². The van der Waals surface area contributed by atoms with E-state index in [1.807, 2.05) is 25.1 Å². The van der Waals surface area contributed by atoms with Gasteiger partial charge in [-0.1, -0.05) is 17.7 Å². The summed E-state index contributed by atoms with van der Waals surface area (Å²) >= 11 is 12.6. The van der Waals surface area contributed by atoms with Crippen molar-refractivity contribution in [3.8, 4) is 0 Å². The second-order valence-electron chi connectivity index (χ2n) is 4.07. The Morgan fingerprint density at radius 3 is 2.53 bits per heavy atom. The number of rotatable bonds is 2. The number of nitrogens with one attached hydrogen (secondary N) is 1. The van der Waals surface area contributed by atoms with Crippen LogP contribution >= 0.6 is 43.5 Å². The van der Waals surface area contributed by atoms with E-state index in [1.54, 1.807) is 18.2 Å². The Kier molecular flexibility index (Phi) is 4.66. The fraction of sp³-hybridized carbons (Fsp3) is 0.0714. The molecule has 0 saturated carbocycles. The predicted molar refractivity (Wildman–Crippen MR) is 86.0 cm³/mol. The molecule has 2 aromatic rings. The molecule has 0 heterocycles. The van der Waals surface area contributed by atoms with Gasteiger partial charge >= 0.3 is 0 Å². The highest BCUT2D eigenvalue weighted by Gasteiger charge is 2.10. The summed E-state index contributed by atoms with van der Waals surface area (Å²) in [5, 5.41) is 3.44. The van der Waals surface area contributed by atoms with Crippen molar-refractivity contribution in [3.05, 3.63) is 61.5 Å². The lowest BCUT2D eigenvalue weighted by Gasteiger charge is -2.09. The molecular weight excluding hydrogens is 393 g/mol. The molecular formula is C14H10Br2ClNO. The molecule has 0 unspecified atom stereocenters. The SMILES string of the molecule is Cc1ccc(Br)c(NC(=O)c2ccc(Cl)c(Br)c2)c1. The highest BCUT2D eigenvalue weighted by molar-refractivity contribution is 9.11. The third-order valence-electron chi connectivity index (χ3n) is 2.55. The number of halogens is 3. The van der Waals surface area contributed by atoms with E-state index in [-0.39, 0.29) is 5.91 Å². The van der Waals surface area contributed by atoms with E-state index in [0.717, 1.165) is 15.7 Å². The first-order valence-corrected chi connectivity index (χ1v) is 7.46. The molecule has 98 valence electrons. The molecule has 0 fully saturated rings. The van der Waals surface area contributed by atoms with Crippen molar-refractivity contribution in [3.63, 3.8) is 0 Å². The molecule has 0 spiro atoms. The summed E-state index contributed by atoms with van der Waals surface area (Å²) in [4.78, 5) is 12.1. The number of hydrogen-bond acceptors (Lipinski definition) is 1. The summed E-state index contributed by atoms with van der Waals surface area (Å²) < 4.78 is 1.55. The lowest BCUT2D eigenvalue weighted by atomic mass is 10.2. The number of benzene rings is 2. The van der Waals surface area contributed by atoms with E-state index in [2.05, 4.69) is 37.2 Å². The van der Waals surface area contributed by atoms with E-state index in [1.165, 1.54) is 0 Å². The predicted octanol–water partition coefficient (Wildman–Crippen LogP) is 5.43. The van der Waals surface area contributed by atoms with Crippen LogP contribution in [-0.4, -0.2) is 5.91 Å². The van der Waals surface area contributed by atoms with Crippen LogP contribution in [0.1, 0.15) is 15.9 Å². The van der Waals surface area contributed by atoms with Crippen molar-refractivity contribution in [2.75, 3.05) is 5.32 Å². The van der Waals surface area contributed by atoms with E-state index in [4.69, 9.17) is 11.6 Å². The molecule has 5 heteroatoms. The molecule has 0 aromatic heterocycles. The fourth-order valence-electron chi connectivity index (χ4n) is 1.57. The Hall–Kier alpha value is -0.840. The lowest BCUT2D eigenvalue weighted by molar-refractivity contribution is 0.102. The normalized spacial score (nSPS) is 10.3. The average Bonchev–Trinajstić information content (AvgIpc) is 2.37. The van der Waals surface area contributed by atoms with Gasteiger partial charge in [-0.3, -0.25) is 4.79 Å². The van der Waals surface area contributed by atoms with Crippen LogP contribution in [0.15, 0.2) is 45.3 Å². The van der Waals surface area contributed by atoms with Crippen LogP contribution in [0.5, 0.6) is 0 Å². The molecule has 0 radical (unpaired) electrons. The highest BCUT2D eigenvalue weighted by atomic mass is 79.9. The smallest absolute Gasteiger partial charge is 0.255 e. The van der Waals surface area contributed by atoms with Crippen LogP contribution in [0.4, 0.5) is 5.69 Å². The van der Waals surface area contributed by atoms with Crippen LogP contribution in [0, 0.1) is 6.92 Å². The molecule has 0 saturated heterocycles. The molecule has 2 rings (SSSR count). The zero-order valence-corrected chi connectivity index (χ0v) is 13.9. The van der Waals surface area contributed by atoms with Gasteiger partial charge in [0.25, 0.3) is 5.91 Å². The minimum Gasteiger partial charge on any atom is -0.321 e. The Morgan fingerprint density at radius 2 is 1.84 bits per heavy atom. The van der Waals surface area contributed by atoms with Gasteiger partial charge in [-0.25, -0.2) is 0 Å². The number of carbonyl (C=O) groups excluding carboxylic acids is 1. The minimum atomic E-state index is -0.177. The summed E-state index contributed by atoms with van der Waals surface area (Å²) in [7, 11) is 0. The van der Waals surface area contributed by atoms with Crippen molar-refractivity contribution in [1.29, 1.82) is 0 Å². The zero-order chi connectivity index (χ0) is 14.0. The highest BCUT2D eigenvalue weighted by Crippen LogP contribution is 2.26. The molecule has 19 heavy (non-hydrogen) atoms. The third kappa shape index (κ3) is 3.59. The van der Waals surface area contributed by atoms with Crippen molar-refractivity contribution in [2.45, 2.75) is 6.92 Å². The summed E-state index contributed by atoms with van der Waals surface area (Å²) in [5.41, 5.74) is 2.37. The first kappa shape index (κ1) is 14.6. The molecule has 0 aliphatic heterocycles. The summed E-state index contributed by atoms with van der Waals surface area (Å²) in [6, 6.07) is 10.9. The second-order valence-corrected chi connectivity index (χ2v) is 6.18. The largest absolute Gasteiger partial charge is 0.321 e. The van der Waals surface area contributed by atoms with Crippen LogP contribution in [0.3, 0.4) is 0 Å². The van der Waals surface area contributed by atoms with Gasteiger partial charge in [0, 0.05) is 14.5 Å². The Morgan fingerprint density at radius 1 is 1.11 bits per heavy atom. The molecule has 0 atom stereocenters. The van der Waals surface area contributed by atoms with Crippen LogP contribution in [0.2, 0.25) is 5.02 Å². The Balaban J connectivity index is 2.25. The van der Waals surface area contributed by atoms with Gasteiger partial charge in [0.05, 0.1) is 10.7 Å². The van der Waals surface area contributed by atoms with Crippen LogP contribution < -0.4 is 5.32 Å². The van der Waals surface area contributed by atoms with Crippen molar-refractivity contribution in [2.24, 2.45) is 0 Å². The fourth-order valence-corrected chi connectivity index (χ4v) is 2.41. The first-order chi connectivity index (χ1) is 8.97. The van der Waals surface area contributed by atoms with Gasteiger partial charge < -0.3 is 5.32 Å². The number of hydrogen-bond donors (Lipinski definition) is 1. The molecule has 2 nitrogen and oxygen atoms in total. The minimum absolute atomic E-state index is 0.177.